The Balaban J connectivity index is 2.04. The van der Waals surface area contributed by atoms with Crippen molar-refractivity contribution >= 4 is 21.8 Å². The van der Waals surface area contributed by atoms with Crippen molar-refractivity contribution in [2.45, 2.75) is 19.5 Å². The number of benzene rings is 2. The molecule has 2 aromatic carbocycles. The predicted octanol–water partition coefficient (Wildman–Crippen LogP) is 3.54. The summed E-state index contributed by atoms with van der Waals surface area (Å²) in [6.45, 7) is 2.38. The number of primary amides is 1. The fraction of sp³-hybridized carbons (Fsp3) is 0.188. The molecule has 110 valence electrons. The smallest absolute Gasteiger partial charge is 0.248 e. The second kappa shape index (κ2) is 6.83. The van der Waals surface area contributed by atoms with Crippen molar-refractivity contribution in [2.24, 2.45) is 5.73 Å². The standard InChI is InChI=1S/C16H16BrFN2O/c1-10(11-3-2-4-14(17)7-11)20-9-13-6-5-12(16(19)21)8-15(13)18/h2-8,10,20H,9H2,1H3,(H2,19,21)/t10-/m1/s1. The van der Waals surface area contributed by atoms with Gasteiger partial charge in [-0.15, -0.1) is 0 Å². The van der Waals surface area contributed by atoms with Gasteiger partial charge in [0.2, 0.25) is 5.91 Å². The summed E-state index contributed by atoms with van der Waals surface area (Å²) in [7, 11) is 0. The largest absolute Gasteiger partial charge is 0.366 e. The Kier molecular flexibility index (Phi) is 5.09. The average Bonchev–Trinajstić information content (AvgIpc) is 2.45. The van der Waals surface area contributed by atoms with Gasteiger partial charge in [0.25, 0.3) is 0 Å². The zero-order chi connectivity index (χ0) is 15.4. The highest BCUT2D eigenvalue weighted by atomic mass is 79.9. The molecule has 0 saturated heterocycles. The van der Waals surface area contributed by atoms with Crippen LogP contribution in [-0.4, -0.2) is 5.91 Å². The van der Waals surface area contributed by atoms with Gasteiger partial charge in [0.15, 0.2) is 0 Å². The number of halogens is 2. The highest BCUT2D eigenvalue weighted by molar-refractivity contribution is 9.10. The van der Waals surface area contributed by atoms with Crippen LogP contribution in [0.25, 0.3) is 0 Å². The van der Waals surface area contributed by atoms with E-state index in [2.05, 4.69) is 21.2 Å². The summed E-state index contributed by atoms with van der Waals surface area (Å²) in [6, 6.07) is 12.3. The number of carbonyl (C=O) groups excluding carboxylic acids is 1. The van der Waals surface area contributed by atoms with Crippen LogP contribution in [0.2, 0.25) is 0 Å². The molecule has 3 nitrogen and oxygen atoms in total. The van der Waals surface area contributed by atoms with E-state index in [1.54, 1.807) is 6.07 Å². The number of carbonyl (C=O) groups is 1. The van der Waals surface area contributed by atoms with Gasteiger partial charge in [-0.3, -0.25) is 4.79 Å². The molecule has 0 spiro atoms. The summed E-state index contributed by atoms with van der Waals surface area (Å²) in [5, 5.41) is 3.25. The van der Waals surface area contributed by atoms with Gasteiger partial charge in [0, 0.05) is 28.2 Å². The van der Waals surface area contributed by atoms with Crippen molar-refractivity contribution in [3.63, 3.8) is 0 Å². The van der Waals surface area contributed by atoms with Gasteiger partial charge in [0.1, 0.15) is 5.82 Å². The Bertz CT molecular complexity index is 660. The van der Waals surface area contributed by atoms with E-state index in [-0.39, 0.29) is 11.6 Å². The Hall–Kier alpha value is -1.72. The van der Waals surface area contributed by atoms with Gasteiger partial charge in [-0.2, -0.15) is 0 Å². The first-order valence-corrected chi connectivity index (χ1v) is 7.33. The van der Waals surface area contributed by atoms with Gasteiger partial charge < -0.3 is 11.1 Å². The van der Waals surface area contributed by atoms with E-state index in [1.165, 1.54) is 12.1 Å². The molecule has 1 amide bonds. The molecule has 0 aliphatic rings. The van der Waals surface area contributed by atoms with Crippen molar-refractivity contribution in [1.29, 1.82) is 0 Å². The minimum Gasteiger partial charge on any atom is -0.366 e. The summed E-state index contributed by atoms with van der Waals surface area (Å²) in [5.41, 5.74) is 6.91. The fourth-order valence-electron chi connectivity index (χ4n) is 2.00. The zero-order valence-corrected chi connectivity index (χ0v) is 13.2. The van der Waals surface area contributed by atoms with Gasteiger partial charge >= 0.3 is 0 Å². The molecule has 0 aliphatic carbocycles. The van der Waals surface area contributed by atoms with Crippen LogP contribution >= 0.6 is 15.9 Å². The van der Waals surface area contributed by atoms with Crippen LogP contribution in [0.3, 0.4) is 0 Å². The van der Waals surface area contributed by atoms with Crippen LogP contribution < -0.4 is 11.1 Å². The van der Waals surface area contributed by atoms with Gasteiger partial charge in [-0.05, 0) is 36.8 Å². The van der Waals surface area contributed by atoms with E-state index >= 15 is 0 Å². The van der Waals surface area contributed by atoms with Crippen molar-refractivity contribution < 1.29 is 9.18 Å². The number of rotatable bonds is 5. The molecule has 2 rings (SSSR count). The first-order chi connectivity index (χ1) is 9.97. The molecular weight excluding hydrogens is 335 g/mol. The lowest BCUT2D eigenvalue weighted by Crippen LogP contribution is -2.19. The van der Waals surface area contributed by atoms with E-state index in [0.717, 1.165) is 10.0 Å². The second-order valence-electron chi connectivity index (χ2n) is 4.83. The second-order valence-corrected chi connectivity index (χ2v) is 5.74. The molecular formula is C16H16BrFN2O. The van der Waals surface area contributed by atoms with Gasteiger partial charge in [-0.1, -0.05) is 34.1 Å². The Morgan fingerprint density at radius 1 is 1.33 bits per heavy atom. The molecule has 0 unspecified atom stereocenters. The molecule has 0 radical (unpaired) electrons. The molecule has 0 saturated carbocycles. The van der Waals surface area contributed by atoms with Crippen LogP contribution in [-0.2, 0) is 6.54 Å². The highest BCUT2D eigenvalue weighted by Crippen LogP contribution is 2.19. The van der Waals surface area contributed by atoms with Crippen LogP contribution in [0.1, 0.15) is 34.5 Å². The summed E-state index contributed by atoms with van der Waals surface area (Å²) < 4.78 is 14.9. The monoisotopic (exact) mass is 350 g/mol. The summed E-state index contributed by atoms with van der Waals surface area (Å²) in [6.07, 6.45) is 0. The van der Waals surface area contributed by atoms with E-state index in [1.807, 2.05) is 31.2 Å². The third kappa shape index (κ3) is 4.12. The lowest BCUT2D eigenvalue weighted by Gasteiger charge is -2.15. The third-order valence-electron chi connectivity index (χ3n) is 3.28. The lowest BCUT2D eigenvalue weighted by atomic mass is 10.1. The van der Waals surface area contributed by atoms with E-state index in [0.29, 0.717) is 12.1 Å². The Labute approximate surface area is 131 Å². The molecule has 3 N–H and O–H groups in total. The quantitative estimate of drug-likeness (QED) is 0.866. The Morgan fingerprint density at radius 2 is 2.10 bits per heavy atom. The van der Waals surface area contributed by atoms with Gasteiger partial charge in [0.05, 0.1) is 0 Å². The number of nitrogens with two attached hydrogens (primary N) is 1. The summed E-state index contributed by atoms with van der Waals surface area (Å²) >= 11 is 3.43. The van der Waals surface area contributed by atoms with Crippen LogP contribution in [0.4, 0.5) is 4.39 Å². The normalized spacial score (nSPS) is 12.1. The Morgan fingerprint density at radius 3 is 2.71 bits per heavy atom. The fourth-order valence-corrected chi connectivity index (χ4v) is 2.42. The van der Waals surface area contributed by atoms with Crippen LogP contribution in [0, 0.1) is 5.82 Å². The molecule has 5 heteroatoms. The van der Waals surface area contributed by atoms with Crippen molar-refractivity contribution in [3.05, 3.63) is 69.4 Å². The number of nitrogens with one attached hydrogen (secondary N) is 1. The maximum absolute atomic E-state index is 13.9. The minimum absolute atomic E-state index is 0.0812. The maximum Gasteiger partial charge on any atom is 0.248 e. The topological polar surface area (TPSA) is 55.1 Å². The predicted molar refractivity (Wildman–Crippen MR) is 84.3 cm³/mol. The average molecular weight is 351 g/mol. The molecule has 21 heavy (non-hydrogen) atoms. The number of hydrogen-bond acceptors (Lipinski definition) is 2. The van der Waals surface area contributed by atoms with Gasteiger partial charge in [-0.25, -0.2) is 4.39 Å². The van der Waals surface area contributed by atoms with Crippen molar-refractivity contribution in [1.82, 2.24) is 5.32 Å². The molecule has 0 fully saturated rings. The zero-order valence-electron chi connectivity index (χ0n) is 11.6. The lowest BCUT2D eigenvalue weighted by molar-refractivity contribution is 0.1000. The molecule has 0 aromatic heterocycles. The number of hydrogen-bond donors (Lipinski definition) is 2. The molecule has 0 aliphatic heterocycles. The van der Waals surface area contributed by atoms with Crippen molar-refractivity contribution in [3.8, 4) is 0 Å². The minimum atomic E-state index is -0.629. The van der Waals surface area contributed by atoms with E-state index < -0.39 is 11.7 Å². The third-order valence-corrected chi connectivity index (χ3v) is 3.78. The van der Waals surface area contributed by atoms with Crippen LogP contribution in [0.5, 0.6) is 0 Å². The first kappa shape index (κ1) is 15.7. The van der Waals surface area contributed by atoms with Crippen molar-refractivity contribution in [2.75, 3.05) is 0 Å². The molecule has 0 heterocycles. The molecule has 0 bridgehead atoms. The summed E-state index contributed by atoms with van der Waals surface area (Å²) in [5.74, 6) is -1.06. The molecule has 2 aromatic rings. The first-order valence-electron chi connectivity index (χ1n) is 6.54. The van der Waals surface area contributed by atoms with Crippen LogP contribution in [0.15, 0.2) is 46.9 Å². The SMILES string of the molecule is C[C@@H](NCc1ccc(C(N)=O)cc1F)c1cccc(Br)c1. The maximum atomic E-state index is 13.9. The van der Waals surface area contributed by atoms with E-state index in [4.69, 9.17) is 5.73 Å². The summed E-state index contributed by atoms with van der Waals surface area (Å²) in [4.78, 5) is 11.0. The molecule has 1 atom stereocenters. The highest BCUT2D eigenvalue weighted by Gasteiger charge is 2.09. The number of amides is 1. The van der Waals surface area contributed by atoms with E-state index in [9.17, 15) is 9.18 Å².